The summed E-state index contributed by atoms with van der Waals surface area (Å²) in [4.78, 5) is 12.3. The van der Waals surface area contributed by atoms with Gasteiger partial charge in [-0.25, -0.2) is 0 Å². The van der Waals surface area contributed by atoms with E-state index in [0.29, 0.717) is 5.57 Å². The molecular formula is C11H13NOS. The van der Waals surface area contributed by atoms with Crippen LogP contribution >= 0.6 is 11.9 Å². The molecule has 0 fully saturated rings. The molecule has 0 heterocycles. The Morgan fingerprint density at radius 3 is 2.64 bits per heavy atom. The molecule has 0 aromatic heterocycles. The molecule has 0 saturated heterocycles. The van der Waals surface area contributed by atoms with E-state index < -0.39 is 0 Å². The van der Waals surface area contributed by atoms with E-state index in [0.717, 1.165) is 10.5 Å². The van der Waals surface area contributed by atoms with Crippen LogP contribution in [0.4, 0.5) is 0 Å². The van der Waals surface area contributed by atoms with E-state index >= 15 is 0 Å². The molecular weight excluding hydrogens is 194 g/mol. The summed E-state index contributed by atoms with van der Waals surface area (Å²) in [5.74, 6) is -0.127. The zero-order chi connectivity index (χ0) is 10.6. The van der Waals surface area contributed by atoms with Gasteiger partial charge in [-0.15, -0.1) is 0 Å². The van der Waals surface area contributed by atoms with Crippen LogP contribution in [0.2, 0.25) is 0 Å². The van der Waals surface area contributed by atoms with Gasteiger partial charge in [-0.05, 0) is 37.4 Å². The van der Waals surface area contributed by atoms with E-state index in [1.54, 1.807) is 6.92 Å². The SMILES string of the molecule is C=C(C)C(=O)NSc1ccccc1C. The van der Waals surface area contributed by atoms with Gasteiger partial charge in [0.05, 0.1) is 0 Å². The summed E-state index contributed by atoms with van der Waals surface area (Å²) in [6.45, 7) is 7.26. The second-order valence-corrected chi connectivity index (χ2v) is 3.93. The third-order valence-electron chi connectivity index (χ3n) is 1.73. The topological polar surface area (TPSA) is 29.1 Å². The Bertz CT molecular complexity index is 360. The quantitative estimate of drug-likeness (QED) is 0.610. The fourth-order valence-corrected chi connectivity index (χ4v) is 1.61. The molecule has 0 aliphatic heterocycles. The first kappa shape index (κ1) is 10.9. The van der Waals surface area contributed by atoms with Crippen molar-refractivity contribution in [1.29, 1.82) is 0 Å². The summed E-state index contributed by atoms with van der Waals surface area (Å²) in [6.07, 6.45) is 0. The predicted molar refractivity (Wildman–Crippen MR) is 60.0 cm³/mol. The van der Waals surface area contributed by atoms with Crippen LogP contribution in [0, 0.1) is 6.92 Å². The van der Waals surface area contributed by atoms with Gasteiger partial charge >= 0.3 is 0 Å². The highest BCUT2D eigenvalue weighted by Gasteiger charge is 2.03. The minimum atomic E-state index is -0.127. The number of carbonyl (C=O) groups is 1. The summed E-state index contributed by atoms with van der Waals surface area (Å²) in [6, 6.07) is 7.90. The Morgan fingerprint density at radius 2 is 2.07 bits per heavy atom. The zero-order valence-corrected chi connectivity index (χ0v) is 9.15. The number of nitrogens with one attached hydrogen (secondary N) is 1. The van der Waals surface area contributed by atoms with E-state index in [-0.39, 0.29) is 5.91 Å². The molecule has 0 spiro atoms. The van der Waals surface area contributed by atoms with Crippen molar-refractivity contribution in [2.45, 2.75) is 18.7 Å². The van der Waals surface area contributed by atoms with Crippen LogP contribution in [0.3, 0.4) is 0 Å². The van der Waals surface area contributed by atoms with Crippen molar-refractivity contribution in [3.63, 3.8) is 0 Å². The highest BCUT2D eigenvalue weighted by molar-refractivity contribution is 7.98. The predicted octanol–water partition coefficient (Wildman–Crippen LogP) is 2.69. The molecule has 1 rings (SSSR count). The van der Waals surface area contributed by atoms with Gasteiger partial charge < -0.3 is 0 Å². The summed E-state index contributed by atoms with van der Waals surface area (Å²) in [5, 5.41) is 0. The minimum Gasteiger partial charge on any atom is -0.292 e. The molecule has 0 radical (unpaired) electrons. The summed E-state index contributed by atoms with van der Waals surface area (Å²) in [5.41, 5.74) is 1.67. The van der Waals surface area contributed by atoms with Gasteiger partial charge in [0.2, 0.25) is 0 Å². The van der Waals surface area contributed by atoms with E-state index in [9.17, 15) is 4.79 Å². The van der Waals surface area contributed by atoms with Crippen molar-refractivity contribution < 1.29 is 4.79 Å². The molecule has 0 bridgehead atoms. The molecule has 0 aliphatic carbocycles. The first-order valence-electron chi connectivity index (χ1n) is 4.29. The lowest BCUT2D eigenvalue weighted by Gasteiger charge is -2.05. The maximum Gasteiger partial charge on any atom is 0.256 e. The van der Waals surface area contributed by atoms with Crippen LogP contribution in [-0.4, -0.2) is 5.91 Å². The fourth-order valence-electron chi connectivity index (χ4n) is 0.859. The molecule has 1 aromatic carbocycles. The van der Waals surface area contributed by atoms with Crippen molar-refractivity contribution in [3.05, 3.63) is 42.0 Å². The molecule has 3 heteroatoms. The Balaban J connectivity index is 2.58. The Kier molecular flexibility index (Phi) is 3.77. The Morgan fingerprint density at radius 1 is 1.43 bits per heavy atom. The lowest BCUT2D eigenvalue weighted by atomic mass is 10.2. The van der Waals surface area contributed by atoms with Crippen LogP contribution < -0.4 is 4.72 Å². The largest absolute Gasteiger partial charge is 0.292 e. The van der Waals surface area contributed by atoms with Crippen LogP contribution in [0.5, 0.6) is 0 Å². The number of rotatable bonds is 3. The maximum atomic E-state index is 11.2. The molecule has 1 N–H and O–H groups in total. The molecule has 14 heavy (non-hydrogen) atoms. The third kappa shape index (κ3) is 2.92. The second kappa shape index (κ2) is 4.86. The lowest BCUT2D eigenvalue weighted by molar-refractivity contribution is -0.115. The summed E-state index contributed by atoms with van der Waals surface area (Å²) < 4.78 is 2.72. The first-order chi connectivity index (χ1) is 6.61. The van der Waals surface area contributed by atoms with Crippen LogP contribution in [-0.2, 0) is 4.79 Å². The van der Waals surface area contributed by atoms with Gasteiger partial charge in [-0.1, -0.05) is 24.8 Å². The summed E-state index contributed by atoms with van der Waals surface area (Å²) >= 11 is 1.32. The zero-order valence-electron chi connectivity index (χ0n) is 8.33. The third-order valence-corrected chi connectivity index (χ3v) is 2.70. The molecule has 0 unspecified atom stereocenters. The van der Waals surface area contributed by atoms with Crippen molar-refractivity contribution in [1.82, 2.24) is 4.72 Å². The Labute approximate surface area is 88.5 Å². The van der Waals surface area contributed by atoms with Gasteiger partial charge in [0.15, 0.2) is 0 Å². The van der Waals surface area contributed by atoms with Crippen LogP contribution in [0.25, 0.3) is 0 Å². The highest BCUT2D eigenvalue weighted by Crippen LogP contribution is 2.18. The average Bonchev–Trinajstić information content (AvgIpc) is 2.16. The number of benzene rings is 1. The van der Waals surface area contributed by atoms with Crippen molar-refractivity contribution in [3.8, 4) is 0 Å². The molecule has 1 amide bonds. The number of carbonyl (C=O) groups excluding carboxylic acids is 1. The molecule has 1 aromatic rings. The Hall–Kier alpha value is -1.22. The molecule has 0 saturated carbocycles. The van der Waals surface area contributed by atoms with E-state index in [1.165, 1.54) is 11.9 Å². The molecule has 0 atom stereocenters. The number of amides is 1. The van der Waals surface area contributed by atoms with E-state index in [1.807, 2.05) is 31.2 Å². The first-order valence-corrected chi connectivity index (χ1v) is 5.11. The number of hydrogen-bond donors (Lipinski definition) is 1. The lowest BCUT2D eigenvalue weighted by Crippen LogP contribution is -2.15. The van der Waals surface area contributed by atoms with Gasteiger partial charge in [-0.3, -0.25) is 9.52 Å². The molecule has 2 nitrogen and oxygen atoms in total. The normalized spacial score (nSPS) is 9.57. The van der Waals surface area contributed by atoms with Gasteiger partial charge in [-0.2, -0.15) is 0 Å². The van der Waals surface area contributed by atoms with E-state index in [2.05, 4.69) is 11.3 Å². The summed E-state index contributed by atoms with van der Waals surface area (Å²) in [7, 11) is 0. The van der Waals surface area contributed by atoms with Gasteiger partial charge in [0.1, 0.15) is 0 Å². The standard InChI is InChI=1S/C11H13NOS/c1-8(2)11(13)12-14-10-7-5-4-6-9(10)3/h4-7H,1H2,2-3H3,(H,12,13). The monoisotopic (exact) mass is 207 g/mol. The van der Waals surface area contributed by atoms with Crippen molar-refractivity contribution in [2.24, 2.45) is 0 Å². The molecule has 74 valence electrons. The van der Waals surface area contributed by atoms with Crippen molar-refractivity contribution in [2.75, 3.05) is 0 Å². The van der Waals surface area contributed by atoms with Crippen LogP contribution in [0.1, 0.15) is 12.5 Å². The van der Waals surface area contributed by atoms with Gasteiger partial charge in [0, 0.05) is 10.5 Å². The maximum absolute atomic E-state index is 11.2. The number of aryl methyl sites for hydroxylation is 1. The average molecular weight is 207 g/mol. The van der Waals surface area contributed by atoms with E-state index in [4.69, 9.17) is 0 Å². The smallest absolute Gasteiger partial charge is 0.256 e. The van der Waals surface area contributed by atoms with Crippen molar-refractivity contribution >= 4 is 17.9 Å². The van der Waals surface area contributed by atoms with Gasteiger partial charge in [0.25, 0.3) is 5.91 Å². The minimum absolute atomic E-state index is 0.127. The number of hydrogen-bond acceptors (Lipinski definition) is 2. The van der Waals surface area contributed by atoms with Crippen LogP contribution in [0.15, 0.2) is 41.3 Å². The second-order valence-electron chi connectivity index (χ2n) is 3.08. The fraction of sp³-hybridized carbons (Fsp3) is 0.182. The highest BCUT2D eigenvalue weighted by atomic mass is 32.2. The molecule has 0 aliphatic rings.